The zero-order valence-electron chi connectivity index (χ0n) is 15.2. The van der Waals surface area contributed by atoms with Gasteiger partial charge in [-0.15, -0.1) is 11.8 Å². The zero-order chi connectivity index (χ0) is 17.3. The third-order valence-corrected chi connectivity index (χ3v) is 10.4. The number of para-hydroxylation sites is 1. The second kappa shape index (κ2) is 6.99. The van der Waals surface area contributed by atoms with E-state index in [1.807, 2.05) is 23.1 Å². The van der Waals surface area contributed by atoms with Crippen molar-refractivity contribution < 1.29 is 9.22 Å². The van der Waals surface area contributed by atoms with Gasteiger partial charge >= 0.3 is 0 Å². The number of anilines is 1. The van der Waals surface area contributed by atoms with Gasteiger partial charge in [-0.1, -0.05) is 39.8 Å². The standard InChI is InChI=1S/C18H29NO2SSi/c1-14(12-21-23(5,6)18(2,3)4)11-19-15-9-7-8-10-16(15)22-13-17(19)20/h7-10,14H,11-13H2,1-6H3. The average Bonchev–Trinajstić information content (AvgIpc) is 2.47. The lowest BCUT2D eigenvalue weighted by Gasteiger charge is -2.38. The highest BCUT2D eigenvalue weighted by atomic mass is 32.2. The van der Waals surface area contributed by atoms with E-state index in [0.717, 1.165) is 18.8 Å². The van der Waals surface area contributed by atoms with E-state index in [9.17, 15) is 4.79 Å². The summed E-state index contributed by atoms with van der Waals surface area (Å²) in [5.41, 5.74) is 1.05. The Morgan fingerprint density at radius 2 is 1.96 bits per heavy atom. The topological polar surface area (TPSA) is 29.5 Å². The second-order valence-corrected chi connectivity index (χ2v) is 13.8. The van der Waals surface area contributed by atoms with Crippen LogP contribution in [0.1, 0.15) is 27.7 Å². The molecule has 0 aliphatic carbocycles. The molecule has 3 nitrogen and oxygen atoms in total. The van der Waals surface area contributed by atoms with Crippen LogP contribution in [0.3, 0.4) is 0 Å². The Labute approximate surface area is 145 Å². The first-order valence-electron chi connectivity index (χ1n) is 8.28. The van der Waals surface area contributed by atoms with Crippen molar-refractivity contribution in [2.75, 3.05) is 23.8 Å². The van der Waals surface area contributed by atoms with Gasteiger partial charge in [0.15, 0.2) is 8.32 Å². The third kappa shape index (κ3) is 4.40. The highest BCUT2D eigenvalue weighted by molar-refractivity contribution is 8.00. The minimum atomic E-state index is -1.73. The molecule has 1 aliphatic rings. The highest BCUT2D eigenvalue weighted by Crippen LogP contribution is 2.37. The van der Waals surface area contributed by atoms with E-state index < -0.39 is 8.32 Å². The van der Waals surface area contributed by atoms with E-state index in [2.05, 4.69) is 46.9 Å². The first-order chi connectivity index (χ1) is 10.6. The lowest BCUT2D eigenvalue weighted by molar-refractivity contribution is -0.116. The fourth-order valence-corrected chi connectivity index (χ4v) is 4.36. The summed E-state index contributed by atoms with van der Waals surface area (Å²) in [5.74, 6) is 1.06. The number of amides is 1. The Balaban J connectivity index is 2.01. The summed E-state index contributed by atoms with van der Waals surface area (Å²) in [6, 6.07) is 8.17. The molecule has 0 spiro atoms. The van der Waals surface area contributed by atoms with Crippen molar-refractivity contribution in [3.05, 3.63) is 24.3 Å². The van der Waals surface area contributed by atoms with Crippen LogP contribution in [-0.2, 0) is 9.22 Å². The summed E-state index contributed by atoms with van der Waals surface area (Å²) in [7, 11) is -1.73. The number of rotatable bonds is 5. The number of carbonyl (C=O) groups is 1. The number of thioether (sulfide) groups is 1. The Bertz CT molecular complexity index is 568. The maximum Gasteiger partial charge on any atom is 0.237 e. The Kier molecular flexibility index (Phi) is 5.64. The molecule has 0 saturated carbocycles. The molecule has 0 fully saturated rings. The lowest BCUT2D eigenvalue weighted by atomic mass is 10.1. The summed E-state index contributed by atoms with van der Waals surface area (Å²) >= 11 is 1.63. The summed E-state index contributed by atoms with van der Waals surface area (Å²) in [5, 5.41) is 0.219. The van der Waals surface area contributed by atoms with E-state index in [1.165, 1.54) is 4.90 Å². The van der Waals surface area contributed by atoms with Gasteiger partial charge in [-0.05, 0) is 36.2 Å². The quantitative estimate of drug-likeness (QED) is 0.715. The Morgan fingerprint density at radius 3 is 2.61 bits per heavy atom. The molecular weight excluding hydrogens is 322 g/mol. The van der Waals surface area contributed by atoms with Crippen LogP contribution in [0.5, 0.6) is 0 Å². The Hall–Kier alpha value is -0.783. The summed E-state index contributed by atoms with van der Waals surface area (Å²) < 4.78 is 6.32. The monoisotopic (exact) mass is 351 g/mol. The van der Waals surface area contributed by atoms with Gasteiger partial charge in [0.2, 0.25) is 5.91 Å². The molecule has 23 heavy (non-hydrogen) atoms. The van der Waals surface area contributed by atoms with Gasteiger partial charge in [0.1, 0.15) is 0 Å². The number of hydrogen-bond donors (Lipinski definition) is 0. The predicted octanol–water partition coefficient (Wildman–Crippen LogP) is 4.78. The van der Waals surface area contributed by atoms with Gasteiger partial charge < -0.3 is 9.33 Å². The summed E-state index contributed by atoms with van der Waals surface area (Å²) in [6.45, 7) is 14.9. The number of hydrogen-bond acceptors (Lipinski definition) is 3. The minimum Gasteiger partial charge on any atom is -0.416 e. The zero-order valence-corrected chi connectivity index (χ0v) is 17.0. The molecule has 1 aromatic carbocycles. The Morgan fingerprint density at radius 1 is 1.30 bits per heavy atom. The maximum absolute atomic E-state index is 12.3. The van der Waals surface area contributed by atoms with Gasteiger partial charge in [-0.2, -0.15) is 0 Å². The molecule has 0 N–H and O–H groups in total. The number of fused-ring (bicyclic) bond motifs is 1. The summed E-state index contributed by atoms with van der Waals surface area (Å²) in [4.78, 5) is 15.5. The van der Waals surface area contributed by atoms with Crippen LogP contribution in [0.15, 0.2) is 29.2 Å². The molecule has 0 aromatic heterocycles. The van der Waals surface area contributed by atoms with Gasteiger partial charge in [-0.25, -0.2) is 0 Å². The van der Waals surface area contributed by atoms with Gasteiger partial charge in [0.05, 0.1) is 11.4 Å². The highest BCUT2D eigenvalue weighted by Gasteiger charge is 2.37. The first kappa shape index (κ1) is 18.6. The van der Waals surface area contributed by atoms with E-state index in [4.69, 9.17) is 4.43 Å². The second-order valence-electron chi connectivity index (χ2n) is 7.94. The van der Waals surface area contributed by atoms with E-state index in [0.29, 0.717) is 11.7 Å². The van der Waals surface area contributed by atoms with Crippen LogP contribution < -0.4 is 4.90 Å². The molecule has 128 valence electrons. The van der Waals surface area contributed by atoms with Crippen LogP contribution in [0, 0.1) is 5.92 Å². The van der Waals surface area contributed by atoms with Crippen LogP contribution >= 0.6 is 11.8 Å². The van der Waals surface area contributed by atoms with Crippen molar-refractivity contribution in [3.63, 3.8) is 0 Å². The summed E-state index contributed by atoms with van der Waals surface area (Å²) in [6.07, 6.45) is 0. The largest absolute Gasteiger partial charge is 0.416 e. The van der Waals surface area contributed by atoms with Crippen molar-refractivity contribution in [1.82, 2.24) is 0 Å². The molecule has 1 aromatic rings. The van der Waals surface area contributed by atoms with Gasteiger partial charge in [-0.3, -0.25) is 4.79 Å². The molecule has 1 amide bonds. The molecular formula is C18H29NO2SSi. The molecule has 1 aliphatic heterocycles. The predicted molar refractivity (Wildman–Crippen MR) is 102 cm³/mol. The molecule has 5 heteroatoms. The van der Waals surface area contributed by atoms with Crippen LogP contribution in [0.25, 0.3) is 0 Å². The smallest absolute Gasteiger partial charge is 0.237 e. The van der Waals surface area contributed by atoms with E-state index in [1.54, 1.807) is 11.8 Å². The lowest BCUT2D eigenvalue weighted by Crippen LogP contribution is -2.44. The van der Waals surface area contributed by atoms with Crippen molar-refractivity contribution in [1.29, 1.82) is 0 Å². The third-order valence-electron chi connectivity index (χ3n) is 4.84. The maximum atomic E-state index is 12.3. The molecule has 2 rings (SSSR count). The normalized spacial score (nSPS) is 17.1. The first-order valence-corrected chi connectivity index (χ1v) is 12.2. The minimum absolute atomic E-state index is 0.202. The molecule has 1 unspecified atom stereocenters. The number of carbonyl (C=O) groups excluding carboxylic acids is 1. The fourth-order valence-electron chi connectivity index (χ4n) is 2.29. The molecule has 0 bridgehead atoms. The van der Waals surface area contributed by atoms with Gasteiger partial charge in [0, 0.05) is 18.0 Å². The van der Waals surface area contributed by atoms with Crippen molar-refractivity contribution in [2.45, 2.75) is 50.7 Å². The molecule has 0 radical (unpaired) electrons. The van der Waals surface area contributed by atoms with Crippen LogP contribution in [0.2, 0.25) is 18.1 Å². The van der Waals surface area contributed by atoms with E-state index >= 15 is 0 Å². The van der Waals surface area contributed by atoms with Crippen molar-refractivity contribution >= 4 is 31.7 Å². The van der Waals surface area contributed by atoms with Crippen molar-refractivity contribution in [2.24, 2.45) is 5.92 Å². The molecule has 0 saturated heterocycles. The molecule has 1 heterocycles. The van der Waals surface area contributed by atoms with Crippen LogP contribution in [0.4, 0.5) is 5.69 Å². The SMILES string of the molecule is CC(CO[Si](C)(C)C(C)(C)C)CN1C(=O)CSc2ccccc21. The van der Waals surface area contributed by atoms with Gasteiger partial charge in [0.25, 0.3) is 0 Å². The average molecular weight is 352 g/mol. The van der Waals surface area contributed by atoms with E-state index in [-0.39, 0.29) is 10.9 Å². The van der Waals surface area contributed by atoms with Crippen LogP contribution in [-0.4, -0.2) is 33.1 Å². The number of nitrogens with zero attached hydrogens (tertiary/aromatic N) is 1. The molecule has 1 atom stereocenters. The number of benzene rings is 1. The van der Waals surface area contributed by atoms with Crippen molar-refractivity contribution in [3.8, 4) is 0 Å². The fraction of sp³-hybridized carbons (Fsp3) is 0.611.